The Labute approximate surface area is 122 Å². The summed E-state index contributed by atoms with van der Waals surface area (Å²) < 4.78 is 1.72. The lowest BCUT2D eigenvalue weighted by atomic mass is 10.2. The van der Waals surface area contributed by atoms with Gasteiger partial charge < -0.3 is 10.4 Å². The lowest BCUT2D eigenvalue weighted by Crippen LogP contribution is -2.41. The van der Waals surface area contributed by atoms with Crippen LogP contribution in [0.2, 0.25) is 0 Å². The fourth-order valence-corrected chi connectivity index (χ4v) is 2.30. The first-order chi connectivity index (χ1) is 9.99. The lowest BCUT2D eigenvalue weighted by molar-refractivity contribution is -0.139. The second kappa shape index (κ2) is 5.95. The van der Waals surface area contributed by atoms with Crippen molar-refractivity contribution in [3.63, 3.8) is 0 Å². The summed E-state index contributed by atoms with van der Waals surface area (Å²) in [5.41, 5.74) is 2.78. The molecule has 0 aromatic carbocycles. The zero-order chi connectivity index (χ0) is 15.6. The topological polar surface area (TPSA) is 83.7 Å². The Bertz CT molecular complexity index is 691. The summed E-state index contributed by atoms with van der Waals surface area (Å²) in [6.45, 7) is 5.57. The molecule has 0 bridgehead atoms. The van der Waals surface area contributed by atoms with E-state index in [4.69, 9.17) is 5.11 Å². The summed E-state index contributed by atoms with van der Waals surface area (Å²) in [6, 6.07) is 2.88. The SMILES string of the molecule is CCc1nc2c(C)cccn2c1C(=O)NC(CC)C(=O)O. The number of pyridine rings is 1. The van der Waals surface area contributed by atoms with E-state index >= 15 is 0 Å². The molecule has 0 saturated carbocycles. The van der Waals surface area contributed by atoms with Crippen LogP contribution in [0.3, 0.4) is 0 Å². The number of carboxylic acids is 1. The van der Waals surface area contributed by atoms with Gasteiger partial charge in [-0.15, -0.1) is 0 Å². The third-order valence-electron chi connectivity index (χ3n) is 3.48. The number of fused-ring (bicyclic) bond motifs is 1. The summed E-state index contributed by atoms with van der Waals surface area (Å²) in [7, 11) is 0. The van der Waals surface area contributed by atoms with Gasteiger partial charge in [0.15, 0.2) is 0 Å². The number of aromatic nitrogens is 2. The molecule has 0 fully saturated rings. The average Bonchev–Trinajstić information content (AvgIpc) is 2.84. The zero-order valence-corrected chi connectivity index (χ0v) is 12.4. The van der Waals surface area contributed by atoms with Crippen molar-refractivity contribution >= 4 is 17.5 Å². The van der Waals surface area contributed by atoms with Crippen LogP contribution in [-0.4, -0.2) is 32.4 Å². The van der Waals surface area contributed by atoms with Crippen LogP contribution in [0, 0.1) is 6.92 Å². The van der Waals surface area contributed by atoms with Gasteiger partial charge >= 0.3 is 5.97 Å². The minimum Gasteiger partial charge on any atom is -0.480 e. The molecule has 2 aromatic heterocycles. The van der Waals surface area contributed by atoms with Gasteiger partial charge in [0.2, 0.25) is 0 Å². The van der Waals surface area contributed by atoms with Crippen molar-refractivity contribution in [2.24, 2.45) is 0 Å². The Kier molecular flexibility index (Phi) is 4.26. The molecule has 112 valence electrons. The smallest absolute Gasteiger partial charge is 0.326 e. The minimum absolute atomic E-state index is 0.332. The quantitative estimate of drug-likeness (QED) is 0.879. The number of rotatable bonds is 5. The number of hydrogen-bond donors (Lipinski definition) is 2. The highest BCUT2D eigenvalue weighted by atomic mass is 16.4. The number of amides is 1. The first-order valence-electron chi connectivity index (χ1n) is 6.99. The first kappa shape index (κ1) is 15.0. The van der Waals surface area contributed by atoms with Crippen molar-refractivity contribution < 1.29 is 14.7 Å². The van der Waals surface area contributed by atoms with Gasteiger partial charge in [-0.05, 0) is 31.4 Å². The fraction of sp³-hybridized carbons (Fsp3) is 0.400. The number of carbonyl (C=O) groups excluding carboxylic acids is 1. The van der Waals surface area contributed by atoms with E-state index < -0.39 is 17.9 Å². The molecule has 2 heterocycles. The van der Waals surface area contributed by atoms with Crippen LogP contribution >= 0.6 is 0 Å². The van der Waals surface area contributed by atoms with Crippen LogP contribution in [0.4, 0.5) is 0 Å². The predicted molar refractivity (Wildman–Crippen MR) is 78.5 cm³/mol. The maximum Gasteiger partial charge on any atom is 0.326 e. The highest BCUT2D eigenvalue weighted by molar-refractivity contribution is 5.97. The number of nitrogens with one attached hydrogen (secondary N) is 1. The van der Waals surface area contributed by atoms with Gasteiger partial charge in [-0.3, -0.25) is 9.20 Å². The molecule has 0 saturated heterocycles. The van der Waals surface area contributed by atoms with Gasteiger partial charge in [0.1, 0.15) is 17.4 Å². The van der Waals surface area contributed by atoms with E-state index in [0.29, 0.717) is 24.2 Å². The van der Waals surface area contributed by atoms with Crippen LogP contribution in [0.25, 0.3) is 5.65 Å². The van der Waals surface area contributed by atoms with E-state index in [0.717, 1.165) is 11.2 Å². The summed E-state index contributed by atoms with van der Waals surface area (Å²) in [6.07, 6.45) is 2.71. The number of imidazole rings is 1. The molecule has 1 unspecified atom stereocenters. The molecule has 2 N–H and O–H groups in total. The second-order valence-electron chi connectivity index (χ2n) is 4.92. The van der Waals surface area contributed by atoms with Crippen LogP contribution in [0.15, 0.2) is 18.3 Å². The van der Waals surface area contributed by atoms with Crippen molar-refractivity contribution in [1.29, 1.82) is 0 Å². The highest BCUT2D eigenvalue weighted by Gasteiger charge is 2.23. The molecule has 0 aliphatic heterocycles. The molecular weight excluding hydrogens is 270 g/mol. The van der Waals surface area contributed by atoms with Gasteiger partial charge in [-0.1, -0.05) is 19.9 Å². The summed E-state index contributed by atoms with van der Waals surface area (Å²) in [5.74, 6) is -1.44. The maximum atomic E-state index is 12.4. The Hall–Kier alpha value is -2.37. The average molecular weight is 289 g/mol. The monoisotopic (exact) mass is 289 g/mol. The normalized spacial score (nSPS) is 12.3. The third kappa shape index (κ3) is 2.74. The third-order valence-corrected chi connectivity index (χ3v) is 3.48. The van der Waals surface area contributed by atoms with Crippen molar-refractivity contribution in [3.8, 4) is 0 Å². The summed E-state index contributed by atoms with van der Waals surface area (Å²) >= 11 is 0. The van der Waals surface area contributed by atoms with E-state index in [1.807, 2.05) is 26.0 Å². The van der Waals surface area contributed by atoms with E-state index in [9.17, 15) is 9.59 Å². The molecule has 0 aliphatic carbocycles. The van der Waals surface area contributed by atoms with Crippen LogP contribution in [0.5, 0.6) is 0 Å². The van der Waals surface area contributed by atoms with Crippen molar-refractivity contribution in [3.05, 3.63) is 35.3 Å². The second-order valence-corrected chi connectivity index (χ2v) is 4.92. The van der Waals surface area contributed by atoms with Crippen LogP contribution < -0.4 is 5.32 Å². The molecule has 6 nitrogen and oxygen atoms in total. The minimum atomic E-state index is -1.03. The Morgan fingerprint density at radius 1 is 1.43 bits per heavy atom. The molecule has 1 atom stereocenters. The molecule has 6 heteroatoms. The van der Waals surface area contributed by atoms with Gasteiger partial charge in [0.25, 0.3) is 5.91 Å². The van der Waals surface area contributed by atoms with Crippen molar-refractivity contribution in [1.82, 2.24) is 14.7 Å². The molecule has 2 rings (SSSR count). The number of carboxylic acid groups (broad SMARTS) is 1. The number of carbonyl (C=O) groups is 2. The molecule has 0 spiro atoms. The van der Waals surface area contributed by atoms with E-state index in [1.54, 1.807) is 17.5 Å². The molecule has 0 radical (unpaired) electrons. The van der Waals surface area contributed by atoms with Gasteiger partial charge in [0, 0.05) is 6.20 Å². The maximum absolute atomic E-state index is 12.4. The highest BCUT2D eigenvalue weighted by Crippen LogP contribution is 2.16. The van der Waals surface area contributed by atoms with Crippen LogP contribution in [-0.2, 0) is 11.2 Å². The van der Waals surface area contributed by atoms with E-state index in [-0.39, 0.29) is 0 Å². The molecule has 0 aliphatic rings. The molecule has 1 amide bonds. The van der Waals surface area contributed by atoms with Crippen LogP contribution in [0.1, 0.15) is 42.0 Å². The number of hydrogen-bond acceptors (Lipinski definition) is 3. The standard InChI is InChI=1S/C15H19N3O3/c1-4-10-12(14(19)17-11(5-2)15(20)21)18-8-6-7-9(3)13(18)16-10/h6-8,11H,4-5H2,1-3H3,(H,17,19)(H,20,21). The van der Waals surface area contributed by atoms with E-state index in [1.165, 1.54) is 0 Å². The Morgan fingerprint density at radius 2 is 2.14 bits per heavy atom. The molecule has 21 heavy (non-hydrogen) atoms. The largest absolute Gasteiger partial charge is 0.480 e. The fourth-order valence-electron chi connectivity index (χ4n) is 2.30. The lowest BCUT2D eigenvalue weighted by Gasteiger charge is -2.12. The number of nitrogens with zero attached hydrogens (tertiary/aromatic N) is 2. The van der Waals surface area contributed by atoms with Crippen molar-refractivity contribution in [2.75, 3.05) is 0 Å². The van der Waals surface area contributed by atoms with Gasteiger partial charge in [-0.2, -0.15) is 0 Å². The molecule has 2 aromatic rings. The van der Waals surface area contributed by atoms with Gasteiger partial charge in [0.05, 0.1) is 5.69 Å². The summed E-state index contributed by atoms with van der Waals surface area (Å²) in [5, 5.41) is 11.6. The summed E-state index contributed by atoms with van der Waals surface area (Å²) in [4.78, 5) is 28.0. The Balaban J connectivity index is 2.47. The number of aliphatic carboxylic acids is 1. The first-order valence-corrected chi connectivity index (χ1v) is 6.99. The zero-order valence-electron chi connectivity index (χ0n) is 12.4. The predicted octanol–water partition coefficient (Wildman–Crippen LogP) is 1.80. The van der Waals surface area contributed by atoms with Gasteiger partial charge in [-0.25, -0.2) is 9.78 Å². The van der Waals surface area contributed by atoms with Crippen molar-refractivity contribution in [2.45, 2.75) is 39.7 Å². The Morgan fingerprint density at radius 3 is 2.71 bits per heavy atom. The molecular formula is C15H19N3O3. The number of aryl methyl sites for hydroxylation is 2. The van der Waals surface area contributed by atoms with E-state index in [2.05, 4.69) is 10.3 Å².